The number of hydrogen-bond donors (Lipinski definition) is 1. The van der Waals surface area contributed by atoms with Crippen LogP contribution in [0, 0.1) is 5.82 Å². The molecule has 0 amide bonds. The second-order valence-corrected chi connectivity index (χ2v) is 5.63. The summed E-state index contributed by atoms with van der Waals surface area (Å²) in [6.45, 7) is 3.47. The van der Waals surface area contributed by atoms with Crippen molar-refractivity contribution in [2.45, 2.75) is 12.6 Å². The second kappa shape index (κ2) is 7.88. The van der Waals surface area contributed by atoms with Crippen LogP contribution in [0.25, 0.3) is 0 Å². The average molecular weight is 342 g/mol. The van der Waals surface area contributed by atoms with Crippen molar-refractivity contribution in [1.82, 2.24) is 15.2 Å². The molecule has 1 aromatic carbocycles. The first-order valence-electron chi connectivity index (χ1n) is 7.02. The highest BCUT2D eigenvalue weighted by Crippen LogP contribution is 2.24. The molecule has 1 N–H and O–H groups in total. The number of piperazine rings is 1. The molecule has 0 aliphatic carbocycles. The lowest BCUT2D eigenvalue weighted by Crippen LogP contribution is -2.45. The number of nitrogens with zero attached hydrogens (tertiary/aromatic N) is 2. The van der Waals surface area contributed by atoms with Gasteiger partial charge in [-0.3, -0.25) is 9.88 Å². The largest absolute Gasteiger partial charge is 0.314 e. The fraction of sp³-hybridized carbons (Fsp3) is 0.312. The molecule has 0 radical (unpaired) electrons. The van der Waals surface area contributed by atoms with Crippen LogP contribution in [0.4, 0.5) is 4.39 Å². The monoisotopic (exact) mass is 341 g/mol. The van der Waals surface area contributed by atoms with Crippen LogP contribution in [0.15, 0.2) is 42.7 Å². The molecule has 1 fully saturated rings. The first-order valence-corrected chi connectivity index (χ1v) is 7.40. The normalized spacial score (nSPS) is 18.7. The molecule has 1 aromatic heterocycles. The van der Waals surface area contributed by atoms with Gasteiger partial charge in [0, 0.05) is 44.6 Å². The van der Waals surface area contributed by atoms with Gasteiger partial charge >= 0.3 is 0 Å². The van der Waals surface area contributed by atoms with Crippen LogP contribution in [0.3, 0.4) is 0 Å². The summed E-state index contributed by atoms with van der Waals surface area (Å²) in [7, 11) is 0. The van der Waals surface area contributed by atoms with Crippen molar-refractivity contribution in [3.8, 4) is 0 Å². The van der Waals surface area contributed by atoms with Gasteiger partial charge in [-0.15, -0.1) is 12.4 Å². The molecule has 1 saturated heterocycles. The maximum Gasteiger partial charge on any atom is 0.142 e. The third kappa shape index (κ3) is 3.96. The fourth-order valence-electron chi connectivity index (χ4n) is 2.72. The molecule has 3 rings (SSSR count). The number of benzene rings is 1. The Labute approximate surface area is 140 Å². The summed E-state index contributed by atoms with van der Waals surface area (Å²) < 4.78 is 13.6. The van der Waals surface area contributed by atoms with E-state index in [1.807, 2.05) is 30.6 Å². The van der Waals surface area contributed by atoms with Crippen molar-refractivity contribution in [2.24, 2.45) is 0 Å². The van der Waals surface area contributed by atoms with Gasteiger partial charge in [0.1, 0.15) is 5.82 Å². The molecular formula is C16H18Cl2FN3. The minimum Gasteiger partial charge on any atom is -0.314 e. The Kier molecular flexibility index (Phi) is 6.15. The second-order valence-electron chi connectivity index (χ2n) is 5.22. The summed E-state index contributed by atoms with van der Waals surface area (Å²) in [5.41, 5.74) is 2.17. The predicted octanol–water partition coefficient (Wildman–Crippen LogP) is 3.44. The summed E-state index contributed by atoms with van der Waals surface area (Å²) in [6.07, 6.45) is 3.62. The Bertz CT molecular complexity index is 610. The number of rotatable bonds is 3. The lowest BCUT2D eigenvalue weighted by molar-refractivity contribution is 0.153. The summed E-state index contributed by atoms with van der Waals surface area (Å²) in [5.74, 6) is -0.357. The molecule has 0 saturated carbocycles. The van der Waals surface area contributed by atoms with Crippen LogP contribution < -0.4 is 5.32 Å². The number of pyridine rings is 1. The van der Waals surface area contributed by atoms with Gasteiger partial charge in [0.2, 0.25) is 0 Å². The van der Waals surface area contributed by atoms with Crippen molar-refractivity contribution in [3.63, 3.8) is 0 Å². The molecule has 1 aliphatic rings. The van der Waals surface area contributed by atoms with E-state index in [-0.39, 0.29) is 29.3 Å². The Hall–Kier alpha value is -1.20. The van der Waals surface area contributed by atoms with Gasteiger partial charge in [0.25, 0.3) is 0 Å². The van der Waals surface area contributed by atoms with Crippen molar-refractivity contribution in [1.29, 1.82) is 0 Å². The van der Waals surface area contributed by atoms with E-state index in [4.69, 9.17) is 11.6 Å². The Morgan fingerprint density at radius 1 is 1.27 bits per heavy atom. The fourth-order valence-corrected chi connectivity index (χ4v) is 2.84. The number of hydrogen-bond acceptors (Lipinski definition) is 3. The predicted molar refractivity (Wildman–Crippen MR) is 88.9 cm³/mol. The van der Waals surface area contributed by atoms with Crippen molar-refractivity contribution >= 4 is 24.0 Å². The highest BCUT2D eigenvalue weighted by Gasteiger charge is 2.23. The van der Waals surface area contributed by atoms with E-state index < -0.39 is 0 Å². The lowest BCUT2D eigenvalue weighted by atomic mass is 10.0. The molecule has 2 aromatic rings. The van der Waals surface area contributed by atoms with Gasteiger partial charge in [-0.25, -0.2) is 4.39 Å². The zero-order chi connectivity index (χ0) is 14.7. The molecule has 1 unspecified atom stereocenters. The van der Waals surface area contributed by atoms with E-state index in [1.165, 1.54) is 11.6 Å². The summed E-state index contributed by atoms with van der Waals surface area (Å²) >= 11 is 5.74. The maximum absolute atomic E-state index is 13.6. The molecule has 2 heterocycles. The number of nitrogens with one attached hydrogen (secondary N) is 1. The van der Waals surface area contributed by atoms with E-state index in [0.29, 0.717) is 6.54 Å². The lowest BCUT2D eigenvalue weighted by Gasteiger charge is -2.36. The smallest absolute Gasteiger partial charge is 0.142 e. The maximum atomic E-state index is 13.6. The van der Waals surface area contributed by atoms with Crippen LogP contribution in [0.5, 0.6) is 0 Å². The van der Waals surface area contributed by atoms with E-state index in [2.05, 4.69) is 15.2 Å². The first kappa shape index (κ1) is 17.2. The molecule has 3 nitrogen and oxygen atoms in total. The zero-order valence-electron chi connectivity index (χ0n) is 12.0. The standard InChI is InChI=1S/C16H17ClFN3.ClH/c17-14-2-1-12(9-15(14)18)11-21-8-7-20-10-16(21)13-3-5-19-6-4-13;/h1-6,9,16,20H,7-8,10-11H2;1H. The van der Waals surface area contributed by atoms with E-state index >= 15 is 0 Å². The van der Waals surface area contributed by atoms with E-state index in [1.54, 1.807) is 6.07 Å². The van der Waals surface area contributed by atoms with Gasteiger partial charge in [-0.1, -0.05) is 17.7 Å². The summed E-state index contributed by atoms with van der Waals surface area (Å²) in [4.78, 5) is 6.42. The number of aromatic nitrogens is 1. The molecule has 1 atom stereocenters. The SMILES string of the molecule is Cl.Fc1cc(CN2CCNCC2c2ccncc2)ccc1Cl. The molecule has 6 heteroatoms. The van der Waals surface area contributed by atoms with Crippen LogP contribution in [0.1, 0.15) is 17.2 Å². The van der Waals surface area contributed by atoms with Gasteiger partial charge < -0.3 is 5.32 Å². The highest BCUT2D eigenvalue weighted by molar-refractivity contribution is 6.30. The third-order valence-electron chi connectivity index (χ3n) is 3.81. The highest BCUT2D eigenvalue weighted by atomic mass is 35.5. The first-order chi connectivity index (χ1) is 10.2. The topological polar surface area (TPSA) is 28.2 Å². The molecule has 0 spiro atoms. The quantitative estimate of drug-likeness (QED) is 0.926. The minimum atomic E-state index is -0.357. The third-order valence-corrected chi connectivity index (χ3v) is 4.12. The zero-order valence-corrected chi connectivity index (χ0v) is 13.6. The molecule has 1 aliphatic heterocycles. The van der Waals surface area contributed by atoms with Gasteiger partial charge in [0.05, 0.1) is 5.02 Å². The summed E-state index contributed by atoms with van der Waals surface area (Å²) in [6, 6.07) is 9.38. The summed E-state index contributed by atoms with van der Waals surface area (Å²) in [5, 5.41) is 3.58. The average Bonchev–Trinajstić information content (AvgIpc) is 2.52. The Morgan fingerprint density at radius 2 is 2.05 bits per heavy atom. The van der Waals surface area contributed by atoms with Crippen molar-refractivity contribution in [3.05, 3.63) is 64.7 Å². The van der Waals surface area contributed by atoms with Gasteiger partial charge in [-0.05, 0) is 35.4 Å². The van der Waals surface area contributed by atoms with Gasteiger partial charge in [0.15, 0.2) is 0 Å². The van der Waals surface area contributed by atoms with Crippen LogP contribution in [-0.2, 0) is 6.54 Å². The molecular weight excluding hydrogens is 324 g/mol. The molecule has 0 bridgehead atoms. The van der Waals surface area contributed by atoms with E-state index in [9.17, 15) is 4.39 Å². The minimum absolute atomic E-state index is 0. The van der Waals surface area contributed by atoms with Gasteiger partial charge in [-0.2, -0.15) is 0 Å². The molecule has 118 valence electrons. The van der Waals surface area contributed by atoms with E-state index in [0.717, 1.165) is 25.2 Å². The Morgan fingerprint density at radius 3 is 2.77 bits per heavy atom. The van der Waals surface area contributed by atoms with Crippen LogP contribution in [0.2, 0.25) is 5.02 Å². The molecule has 22 heavy (non-hydrogen) atoms. The Balaban J connectivity index is 0.00000176. The number of halogens is 3. The van der Waals surface area contributed by atoms with Crippen molar-refractivity contribution < 1.29 is 4.39 Å². The van der Waals surface area contributed by atoms with Crippen LogP contribution in [-0.4, -0.2) is 29.5 Å². The van der Waals surface area contributed by atoms with Crippen LogP contribution >= 0.6 is 24.0 Å². The van der Waals surface area contributed by atoms with Crippen molar-refractivity contribution in [2.75, 3.05) is 19.6 Å².